The van der Waals surface area contributed by atoms with Gasteiger partial charge in [-0.15, -0.1) is 0 Å². The summed E-state index contributed by atoms with van der Waals surface area (Å²) in [6.07, 6.45) is 1.37. The first-order valence-corrected chi connectivity index (χ1v) is 10.8. The maximum absolute atomic E-state index is 13.8. The van der Waals surface area contributed by atoms with Crippen molar-refractivity contribution in [3.63, 3.8) is 0 Å². The Bertz CT molecular complexity index is 1070. The largest absolute Gasteiger partial charge is 0.468 e. The highest BCUT2D eigenvalue weighted by molar-refractivity contribution is 7.91. The quantitative estimate of drug-likeness (QED) is 0.617. The average molecular weight is 415 g/mol. The molecule has 0 aliphatic heterocycles. The molecule has 152 valence electrons. The second-order valence-corrected chi connectivity index (χ2v) is 9.09. The summed E-state index contributed by atoms with van der Waals surface area (Å²) >= 11 is 0. The summed E-state index contributed by atoms with van der Waals surface area (Å²) in [5, 5.41) is 1.37. The smallest absolute Gasteiger partial charge is 0.254 e. The van der Waals surface area contributed by atoms with Gasteiger partial charge in [-0.25, -0.2) is 12.8 Å². The number of halogens is 1. The summed E-state index contributed by atoms with van der Waals surface area (Å²) in [4.78, 5) is 12.5. The second-order valence-electron chi connectivity index (χ2n) is 6.96. The van der Waals surface area contributed by atoms with Crippen LogP contribution in [-0.4, -0.2) is 20.9 Å². The third-order valence-corrected chi connectivity index (χ3v) is 6.75. The fraction of sp³-hybridized carbons (Fsp3) is 0.227. The molecule has 7 heteroatoms. The highest BCUT2D eigenvalue weighted by Gasteiger charge is 2.32. The highest BCUT2D eigenvalue weighted by Crippen LogP contribution is 2.30. The van der Waals surface area contributed by atoms with Crippen molar-refractivity contribution in [3.05, 3.63) is 89.6 Å². The van der Waals surface area contributed by atoms with E-state index in [0.717, 1.165) is 5.56 Å². The minimum Gasteiger partial charge on any atom is -0.468 e. The molecule has 3 aromatic rings. The van der Waals surface area contributed by atoms with Gasteiger partial charge in [0.15, 0.2) is 9.84 Å². The van der Waals surface area contributed by atoms with Gasteiger partial charge in [-0.2, -0.15) is 0 Å². The molecule has 0 fully saturated rings. The Morgan fingerprint density at radius 2 is 1.72 bits per heavy atom. The van der Waals surface area contributed by atoms with Crippen molar-refractivity contribution in [2.24, 2.45) is 0 Å². The molecule has 0 radical (unpaired) electrons. The van der Waals surface area contributed by atoms with Crippen molar-refractivity contribution in [1.29, 1.82) is 0 Å². The molecule has 2 aromatic carbocycles. The van der Waals surface area contributed by atoms with E-state index in [1.54, 1.807) is 36.4 Å². The number of hydrogen-bond donors (Lipinski definition) is 1. The van der Waals surface area contributed by atoms with Gasteiger partial charge >= 0.3 is 0 Å². The summed E-state index contributed by atoms with van der Waals surface area (Å²) in [5.74, 6) is -0.892. The third kappa shape index (κ3) is 4.56. The Hall–Kier alpha value is -2.93. The molecule has 29 heavy (non-hydrogen) atoms. The van der Waals surface area contributed by atoms with Crippen molar-refractivity contribution in [2.75, 3.05) is 6.54 Å². The lowest BCUT2D eigenvalue weighted by Gasteiger charge is -2.17. The van der Waals surface area contributed by atoms with E-state index in [-0.39, 0.29) is 28.7 Å². The predicted molar refractivity (Wildman–Crippen MR) is 108 cm³/mol. The average Bonchev–Trinajstić information content (AvgIpc) is 3.22. The van der Waals surface area contributed by atoms with Crippen LogP contribution in [0.3, 0.4) is 0 Å². The van der Waals surface area contributed by atoms with Gasteiger partial charge in [-0.1, -0.05) is 38.1 Å². The number of amides is 1. The van der Waals surface area contributed by atoms with Crippen LogP contribution in [0.4, 0.5) is 4.39 Å². The number of sulfone groups is 1. The van der Waals surface area contributed by atoms with E-state index in [1.165, 1.54) is 30.5 Å². The van der Waals surface area contributed by atoms with E-state index >= 15 is 0 Å². The zero-order chi connectivity index (χ0) is 21.0. The first kappa shape index (κ1) is 20.8. The number of carbonyl (C=O) groups is 1. The second kappa shape index (κ2) is 8.61. The van der Waals surface area contributed by atoms with Crippen LogP contribution < -0.4 is 5.32 Å². The van der Waals surface area contributed by atoms with E-state index in [1.807, 2.05) is 13.8 Å². The molecule has 0 bridgehead atoms. The minimum atomic E-state index is -3.86. The molecule has 1 aromatic heterocycles. The van der Waals surface area contributed by atoms with Crippen LogP contribution in [0.25, 0.3) is 0 Å². The molecule has 1 atom stereocenters. The summed E-state index contributed by atoms with van der Waals surface area (Å²) < 4.78 is 45.6. The Morgan fingerprint density at radius 1 is 1.03 bits per heavy atom. The van der Waals surface area contributed by atoms with Crippen molar-refractivity contribution in [2.45, 2.75) is 29.9 Å². The van der Waals surface area contributed by atoms with Crippen LogP contribution >= 0.6 is 0 Å². The van der Waals surface area contributed by atoms with Crippen LogP contribution in [0, 0.1) is 5.82 Å². The molecular weight excluding hydrogens is 393 g/mol. The summed E-state index contributed by atoms with van der Waals surface area (Å²) in [7, 11) is -3.86. The van der Waals surface area contributed by atoms with Crippen molar-refractivity contribution >= 4 is 15.7 Å². The van der Waals surface area contributed by atoms with Crippen molar-refractivity contribution < 1.29 is 22.0 Å². The predicted octanol–water partition coefficient (Wildman–Crippen LogP) is 4.49. The van der Waals surface area contributed by atoms with Crippen LogP contribution in [0.2, 0.25) is 0 Å². The summed E-state index contributed by atoms with van der Waals surface area (Å²) in [6, 6.07) is 15.3. The fourth-order valence-corrected chi connectivity index (χ4v) is 4.56. The van der Waals surface area contributed by atoms with Crippen molar-refractivity contribution in [1.82, 2.24) is 5.32 Å². The Morgan fingerprint density at radius 3 is 2.31 bits per heavy atom. The van der Waals surface area contributed by atoms with E-state index in [4.69, 9.17) is 4.42 Å². The van der Waals surface area contributed by atoms with Gasteiger partial charge in [0.05, 0.1) is 16.7 Å². The number of rotatable bonds is 7. The number of nitrogens with one attached hydrogen (secondary N) is 1. The lowest BCUT2D eigenvalue weighted by Crippen LogP contribution is -2.32. The van der Waals surface area contributed by atoms with Gasteiger partial charge in [0.2, 0.25) is 0 Å². The molecule has 0 saturated heterocycles. The number of carbonyl (C=O) groups excluding carboxylic acids is 1. The van der Waals surface area contributed by atoms with Crippen LogP contribution in [0.15, 0.2) is 76.2 Å². The van der Waals surface area contributed by atoms with Gasteiger partial charge in [-0.3, -0.25) is 4.79 Å². The molecule has 0 aliphatic carbocycles. The van der Waals surface area contributed by atoms with Crippen LogP contribution in [0.5, 0.6) is 0 Å². The number of furan rings is 1. The fourth-order valence-electron chi connectivity index (χ4n) is 2.97. The maximum Gasteiger partial charge on any atom is 0.254 e. The zero-order valence-corrected chi connectivity index (χ0v) is 16.9. The van der Waals surface area contributed by atoms with E-state index in [0.29, 0.717) is 0 Å². The minimum absolute atomic E-state index is 0.128. The Kier molecular flexibility index (Phi) is 6.17. The topological polar surface area (TPSA) is 76.4 Å². The molecule has 1 heterocycles. The zero-order valence-electron chi connectivity index (χ0n) is 16.1. The molecule has 3 rings (SSSR count). The van der Waals surface area contributed by atoms with Gasteiger partial charge in [0.1, 0.15) is 16.8 Å². The monoisotopic (exact) mass is 415 g/mol. The van der Waals surface area contributed by atoms with E-state index < -0.39 is 26.8 Å². The highest BCUT2D eigenvalue weighted by atomic mass is 32.2. The molecular formula is C22H22FNO4S. The van der Waals surface area contributed by atoms with Crippen LogP contribution in [-0.2, 0) is 9.84 Å². The first-order valence-electron chi connectivity index (χ1n) is 9.20. The van der Waals surface area contributed by atoms with Gasteiger partial charge < -0.3 is 9.73 Å². The number of hydrogen-bond acceptors (Lipinski definition) is 4. The van der Waals surface area contributed by atoms with Gasteiger partial charge in [0, 0.05) is 6.54 Å². The molecule has 1 amide bonds. The van der Waals surface area contributed by atoms with Gasteiger partial charge in [-0.05, 0) is 47.9 Å². The van der Waals surface area contributed by atoms with E-state index in [2.05, 4.69) is 5.32 Å². The SMILES string of the molecule is CC(C)c1ccc(S(=O)(=O)[C@@H](CNC(=O)c2ccccc2F)c2ccco2)cc1. The normalized spacial score (nSPS) is 12.7. The standard InChI is InChI=1S/C22H22FNO4S/c1-15(2)16-9-11-17(12-10-16)29(26,27)21(20-8-5-13-28-20)14-24-22(25)18-6-3-4-7-19(18)23/h3-13,15,21H,14H2,1-2H3,(H,24,25)/t21-/m0/s1. The Labute approximate surface area is 169 Å². The third-order valence-electron chi connectivity index (χ3n) is 4.68. The van der Waals surface area contributed by atoms with Crippen molar-refractivity contribution in [3.8, 4) is 0 Å². The lowest BCUT2D eigenvalue weighted by molar-refractivity contribution is 0.0949. The molecule has 0 saturated carbocycles. The first-order chi connectivity index (χ1) is 13.8. The lowest BCUT2D eigenvalue weighted by atomic mass is 10.0. The molecule has 0 aliphatic rings. The number of benzene rings is 2. The molecule has 1 N–H and O–H groups in total. The summed E-state index contributed by atoms with van der Waals surface area (Å²) in [6.45, 7) is 3.79. The van der Waals surface area contributed by atoms with Gasteiger partial charge in [0.25, 0.3) is 5.91 Å². The Balaban J connectivity index is 1.87. The van der Waals surface area contributed by atoms with E-state index in [9.17, 15) is 17.6 Å². The summed E-state index contributed by atoms with van der Waals surface area (Å²) in [5.41, 5.74) is 0.871. The van der Waals surface area contributed by atoms with Crippen LogP contribution in [0.1, 0.15) is 46.7 Å². The molecule has 0 spiro atoms. The molecule has 0 unspecified atom stereocenters. The molecule has 5 nitrogen and oxygen atoms in total. The maximum atomic E-state index is 13.8.